The smallest absolute Gasteiger partial charge is 0.329 e. The number of fused-ring (bicyclic) bond motifs is 1. The molecule has 0 saturated carbocycles. The summed E-state index contributed by atoms with van der Waals surface area (Å²) in [6.07, 6.45) is 0. The normalized spacial score (nSPS) is 11.0. The molecule has 0 aliphatic carbocycles. The van der Waals surface area contributed by atoms with Gasteiger partial charge in [0.05, 0.1) is 24.2 Å². The van der Waals surface area contributed by atoms with Crippen molar-refractivity contribution in [2.24, 2.45) is 0 Å². The molecule has 5 nitrogen and oxygen atoms in total. The number of esters is 1. The second-order valence-corrected chi connectivity index (χ2v) is 6.40. The van der Waals surface area contributed by atoms with Crippen molar-refractivity contribution in [3.05, 3.63) is 68.8 Å². The molecule has 0 aliphatic heterocycles. The largest absolute Gasteiger partial charge is 0.465 e. The number of nitrogens with zero attached hydrogens (tertiary/aromatic N) is 2. The van der Waals surface area contributed by atoms with E-state index in [0.29, 0.717) is 21.1 Å². The van der Waals surface area contributed by atoms with Crippen molar-refractivity contribution in [1.29, 1.82) is 0 Å². The molecule has 1 aromatic heterocycles. The van der Waals surface area contributed by atoms with Crippen molar-refractivity contribution in [2.45, 2.75) is 20.0 Å². The highest BCUT2D eigenvalue weighted by atomic mass is 79.9. The van der Waals surface area contributed by atoms with E-state index in [0.717, 1.165) is 0 Å². The quantitative estimate of drug-likeness (QED) is 0.610. The van der Waals surface area contributed by atoms with E-state index in [4.69, 9.17) is 4.74 Å². The Morgan fingerprint density at radius 3 is 2.48 bits per heavy atom. The highest BCUT2D eigenvalue weighted by molar-refractivity contribution is 9.10. The minimum atomic E-state index is -0.484. The molecule has 0 aliphatic rings. The molecule has 0 atom stereocenters. The number of ether oxygens (including phenoxy) is 1. The monoisotopic (exact) mass is 406 g/mol. The van der Waals surface area contributed by atoms with Gasteiger partial charge >= 0.3 is 11.7 Å². The molecular weight excluding hydrogens is 391 g/mol. The van der Waals surface area contributed by atoms with Crippen molar-refractivity contribution in [3.8, 4) is 0 Å². The third kappa shape index (κ3) is 3.51. The van der Waals surface area contributed by atoms with Crippen molar-refractivity contribution >= 4 is 32.9 Å². The van der Waals surface area contributed by atoms with Gasteiger partial charge in [-0.15, -0.1) is 0 Å². The van der Waals surface area contributed by atoms with Crippen molar-refractivity contribution in [3.63, 3.8) is 0 Å². The van der Waals surface area contributed by atoms with Crippen LogP contribution in [0.1, 0.15) is 12.5 Å². The number of hydrogen-bond donors (Lipinski definition) is 0. The summed E-state index contributed by atoms with van der Waals surface area (Å²) in [6, 6.07) is 11.8. The van der Waals surface area contributed by atoms with E-state index >= 15 is 0 Å². The van der Waals surface area contributed by atoms with Crippen LogP contribution in [0.25, 0.3) is 11.0 Å². The molecule has 0 radical (unpaired) electrons. The summed E-state index contributed by atoms with van der Waals surface area (Å²) in [5.41, 5.74) is 1.26. The number of aromatic nitrogens is 2. The molecule has 0 N–H and O–H groups in total. The number of hydrogen-bond acceptors (Lipinski definition) is 3. The number of carbonyl (C=O) groups excluding carboxylic acids is 1. The first-order valence-corrected chi connectivity index (χ1v) is 8.58. The number of benzene rings is 2. The van der Waals surface area contributed by atoms with Gasteiger partial charge in [-0.25, -0.2) is 9.18 Å². The lowest BCUT2D eigenvalue weighted by Gasteiger charge is -2.05. The molecule has 0 fully saturated rings. The molecule has 3 aromatic rings. The molecule has 0 amide bonds. The van der Waals surface area contributed by atoms with Gasteiger partial charge in [-0.2, -0.15) is 0 Å². The van der Waals surface area contributed by atoms with Crippen LogP contribution in [0.15, 0.2) is 51.7 Å². The molecule has 0 bridgehead atoms. The summed E-state index contributed by atoms with van der Waals surface area (Å²) in [5, 5.41) is 0. The predicted octanol–water partition coefficient (Wildman–Crippen LogP) is 3.32. The first kappa shape index (κ1) is 17.4. The van der Waals surface area contributed by atoms with Crippen LogP contribution in [-0.4, -0.2) is 21.7 Å². The zero-order valence-corrected chi connectivity index (χ0v) is 15.1. The lowest BCUT2D eigenvalue weighted by atomic mass is 10.2. The van der Waals surface area contributed by atoms with Gasteiger partial charge in [-0.1, -0.05) is 34.1 Å². The molecule has 0 spiro atoms. The Kier molecular flexibility index (Phi) is 5.03. The fraction of sp³-hybridized carbons (Fsp3) is 0.222. The second kappa shape index (κ2) is 7.23. The Hall–Kier alpha value is -2.41. The number of rotatable bonds is 5. The molecule has 3 rings (SSSR count). The Morgan fingerprint density at radius 2 is 1.84 bits per heavy atom. The number of carbonyl (C=O) groups is 1. The van der Waals surface area contributed by atoms with Crippen LogP contribution in [0.4, 0.5) is 4.39 Å². The van der Waals surface area contributed by atoms with Crippen LogP contribution in [0.3, 0.4) is 0 Å². The van der Waals surface area contributed by atoms with Gasteiger partial charge in [-0.3, -0.25) is 13.9 Å². The van der Waals surface area contributed by atoms with Gasteiger partial charge in [0.15, 0.2) is 0 Å². The van der Waals surface area contributed by atoms with E-state index in [-0.39, 0.29) is 25.4 Å². The van der Waals surface area contributed by atoms with Gasteiger partial charge in [0.2, 0.25) is 0 Å². The summed E-state index contributed by atoms with van der Waals surface area (Å²) >= 11 is 3.22. The molecule has 7 heteroatoms. The van der Waals surface area contributed by atoms with E-state index in [2.05, 4.69) is 15.9 Å². The van der Waals surface area contributed by atoms with Crippen molar-refractivity contribution in [2.75, 3.05) is 6.61 Å². The predicted molar refractivity (Wildman–Crippen MR) is 96.0 cm³/mol. The van der Waals surface area contributed by atoms with Gasteiger partial charge in [0.25, 0.3) is 0 Å². The van der Waals surface area contributed by atoms with Gasteiger partial charge < -0.3 is 4.74 Å². The van der Waals surface area contributed by atoms with E-state index in [1.165, 1.54) is 15.2 Å². The maximum atomic E-state index is 14.2. The Morgan fingerprint density at radius 1 is 1.16 bits per heavy atom. The fourth-order valence-corrected chi connectivity index (χ4v) is 3.07. The minimum absolute atomic E-state index is 0.0777. The zero-order valence-electron chi connectivity index (χ0n) is 13.5. The molecule has 130 valence electrons. The van der Waals surface area contributed by atoms with Crippen LogP contribution >= 0.6 is 15.9 Å². The minimum Gasteiger partial charge on any atom is -0.465 e. The highest BCUT2D eigenvalue weighted by Crippen LogP contribution is 2.19. The Balaban J connectivity index is 2.08. The molecular formula is C18H16BrFN2O3. The second-order valence-electron chi connectivity index (χ2n) is 5.48. The fourth-order valence-electron chi connectivity index (χ4n) is 2.73. The molecule has 0 saturated heterocycles. The summed E-state index contributed by atoms with van der Waals surface area (Å²) in [5.74, 6) is -0.883. The Bertz CT molecular complexity index is 994. The first-order chi connectivity index (χ1) is 12.0. The summed E-state index contributed by atoms with van der Waals surface area (Å²) in [4.78, 5) is 24.6. The molecule has 25 heavy (non-hydrogen) atoms. The number of halogens is 2. The third-order valence-corrected chi connectivity index (χ3v) is 4.35. The first-order valence-electron chi connectivity index (χ1n) is 7.79. The van der Waals surface area contributed by atoms with Crippen LogP contribution in [0.5, 0.6) is 0 Å². The van der Waals surface area contributed by atoms with Crippen molar-refractivity contribution in [1.82, 2.24) is 9.13 Å². The summed E-state index contributed by atoms with van der Waals surface area (Å²) in [6.45, 7) is 1.86. The highest BCUT2D eigenvalue weighted by Gasteiger charge is 2.17. The molecule has 2 aromatic carbocycles. The number of imidazole rings is 1. The number of para-hydroxylation sites is 2. The van der Waals surface area contributed by atoms with Gasteiger partial charge in [0.1, 0.15) is 12.4 Å². The van der Waals surface area contributed by atoms with E-state index in [9.17, 15) is 14.0 Å². The van der Waals surface area contributed by atoms with Gasteiger partial charge in [0, 0.05) is 10.0 Å². The third-order valence-electron chi connectivity index (χ3n) is 3.86. The SMILES string of the molecule is CCOC(=O)Cn1c(=O)n(Cc2ccc(Br)cc2F)c2ccccc21. The standard InChI is InChI=1S/C18H16BrFN2O3/c1-2-25-17(23)11-22-16-6-4-3-5-15(16)21(18(22)24)10-12-7-8-13(19)9-14(12)20/h3-9H,2,10-11H2,1H3. The zero-order chi connectivity index (χ0) is 18.0. The average molecular weight is 407 g/mol. The lowest BCUT2D eigenvalue weighted by Crippen LogP contribution is -2.28. The van der Waals surface area contributed by atoms with Crippen LogP contribution in [0.2, 0.25) is 0 Å². The van der Waals surface area contributed by atoms with Crippen LogP contribution < -0.4 is 5.69 Å². The lowest BCUT2D eigenvalue weighted by molar-refractivity contribution is -0.143. The summed E-state index contributed by atoms with van der Waals surface area (Å²) < 4.78 is 22.5. The molecule has 1 heterocycles. The maximum Gasteiger partial charge on any atom is 0.329 e. The van der Waals surface area contributed by atoms with Crippen molar-refractivity contribution < 1.29 is 13.9 Å². The summed E-state index contributed by atoms with van der Waals surface area (Å²) in [7, 11) is 0. The topological polar surface area (TPSA) is 53.2 Å². The van der Waals surface area contributed by atoms with E-state index in [1.54, 1.807) is 43.3 Å². The van der Waals surface area contributed by atoms with Crippen LogP contribution in [-0.2, 0) is 22.6 Å². The maximum absolute atomic E-state index is 14.2. The average Bonchev–Trinajstić information content (AvgIpc) is 2.83. The molecule has 0 unspecified atom stereocenters. The van der Waals surface area contributed by atoms with Crippen LogP contribution in [0, 0.1) is 5.82 Å². The Labute approximate surface area is 151 Å². The van der Waals surface area contributed by atoms with Gasteiger partial charge in [-0.05, 0) is 31.2 Å². The van der Waals surface area contributed by atoms with E-state index in [1.807, 2.05) is 0 Å². The van der Waals surface area contributed by atoms with E-state index < -0.39 is 11.8 Å².